The lowest BCUT2D eigenvalue weighted by Crippen LogP contribution is -2.11. The quantitative estimate of drug-likeness (QED) is 0.618. The summed E-state index contributed by atoms with van der Waals surface area (Å²) in [6, 6.07) is 5.79. The van der Waals surface area contributed by atoms with Gasteiger partial charge in [0.1, 0.15) is 0 Å². The molecule has 112 valence electrons. The van der Waals surface area contributed by atoms with E-state index in [0.717, 1.165) is 34.7 Å². The standard InChI is InChI=1S/C15H19N3OS2/c19-15(4-2-1-3-13-7-8-20-21-13)17-12-5-6-14-11(9-12)10-16-18-14/h5-6,9-10,13H,1-4,7-8H2,(H,16,18)(H,17,19). The molecule has 1 aromatic carbocycles. The van der Waals surface area contributed by atoms with Crippen molar-refractivity contribution < 1.29 is 4.79 Å². The number of unbranched alkanes of at least 4 members (excludes halogenated alkanes) is 1. The molecule has 1 fully saturated rings. The zero-order valence-corrected chi connectivity index (χ0v) is 13.4. The van der Waals surface area contributed by atoms with Crippen LogP contribution < -0.4 is 5.32 Å². The van der Waals surface area contributed by atoms with Gasteiger partial charge in [0.2, 0.25) is 5.91 Å². The van der Waals surface area contributed by atoms with Gasteiger partial charge in [-0.2, -0.15) is 5.10 Å². The molecule has 1 atom stereocenters. The summed E-state index contributed by atoms with van der Waals surface area (Å²) in [6.07, 6.45) is 7.06. The Kier molecular flexibility index (Phi) is 5.08. The lowest BCUT2D eigenvalue weighted by molar-refractivity contribution is -0.116. The molecule has 6 heteroatoms. The first kappa shape index (κ1) is 14.8. The topological polar surface area (TPSA) is 57.8 Å². The van der Waals surface area contributed by atoms with E-state index in [2.05, 4.69) is 15.5 Å². The number of amides is 1. The van der Waals surface area contributed by atoms with Gasteiger partial charge in [0, 0.05) is 28.5 Å². The van der Waals surface area contributed by atoms with Crippen molar-refractivity contribution in [1.82, 2.24) is 10.2 Å². The van der Waals surface area contributed by atoms with Crippen LogP contribution in [0.1, 0.15) is 32.1 Å². The van der Waals surface area contributed by atoms with Gasteiger partial charge < -0.3 is 5.32 Å². The van der Waals surface area contributed by atoms with Crippen molar-refractivity contribution in [2.24, 2.45) is 0 Å². The summed E-state index contributed by atoms with van der Waals surface area (Å²) in [7, 11) is 3.99. The molecule has 1 unspecified atom stereocenters. The fraction of sp³-hybridized carbons (Fsp3) is 0.467. The molecule has 4 nitrogen and oxygen atoms in total. The summed E-state index contributed by atoms with van der Waals surface area (Å²) in [4.78, 5) is 11.9. The molecule has 3 rings (SSSR count). The molecule has 21 heavy (non-hydrogen) atoms. The van der Waals surface area contributed by atoms with Gasteiger partial charge in [-0.05, 0) is 37.5 Å². The highest BCUT2D eigenvalue weighted by Crippen LogP contribution is 2.39. The van der Waals surface area contributed by atoms with Gasteiger partial charge in [-0.25, -0.2) is 0 Å². The number of anilines is 1. The van der Waals surface area contributed by atoms with Crippen LogP contribution in [-0.2, 0) is 4.79 Å². The van der Waals surface area contributed by atoms with Crippen molar-refractivity contribution in [3.8, 4) is 0 Å². The monoisotopic (exact) mass is 321 g/mol. The number of H-pyrrole nitrogens is 1. The molecule has 2 aromatic rings. The Bertz CT molecular complexity index is 608. The molecule has 0 aliphatic carbocycles. The molecule has 1 saturated heterocycles. The summed E-state index contributed by atoms with van der Waals surface area (Å²) in [5.74, 6) is 1.39. The lowest BCUT2D eigenvalue weighted by Gasteiger charge is -2.07. The van der Waals surface area contributed by atoms with E-state index in [9.17, 15) is 4.79 Å². The highest BCUT2D eigenvalue weighted by atomic mass is 33.1. The van der Waals surface area contributed by atoms with Gasteiger partial charge in [0.25, 0.3) is 0 Å². The minimum atomic E-state index is 0.103. The molecule has 1 aliphatic heterocycles. The number of nitrogens with one attached hydrogen (secondary N) is 2. The number of aromatic amines is 1. The predicted molar refractivity (Wildman–Crippen MR) is 91.6 cm³/mol. The first-order valence-corrected chi connectivity index (χ1v) is 9.71. The second kappa shape index (κ2) is 7.22. The van der Waals surface area contributed by atoms with E-state index in [0.29, 0.717) is 6.42 Å². The molecule has 2 heterocycles. The van der Waals surface area contributed by atoms with E-state index in [1.54, 1.807) is 6.20 Å². The number of carbonyl (C=O) groups excluding carboxylic acids is 1. The van der Waals surface area contributed by atoms with Crippen molar-refractivity contribution in [2.75, 3.05) is 11.1 Å². The summed E-state index contributed by atoms with van der Waals surface area (Å²) in [5, 5.41) is 11.7. The zero-order valence-electron chi connectivity index (χ0n) is 11.8. The lowest BCUT2D eigenvalue weighted by atomic mass is 10.1. The van der Waals surface area contributed by atoms with E-state index in [4.69, 9.17) is 0 Å². The first-order chi connectivity index (χ1) is 10.3. The number of nitrogens with zero attached hydrogens (tertiary/aromatic N) is 1. The normalized spacial score (nSPS) is 18.2. The number of benzene rings is 1. The molecular weight excluding hydrogens is 302 g/mol. The van der Waals surface area contributed by atoms with Gasteiger partial charge in [0.15, 0.2) is 0 Å². The Balaban J connectivity index is 1.40. The second-order valence-corrected chi connectivity index (χ2v) is 8.08. The Hall–Kier alpha value is -1.14. The number of carbonyl (C=O) groups is 1. The minimum absolute atomic E-state index is 0.103. The molecule has 0 bridgehead atoms. The molecule has 2 N–H and O–H groups in total. The van der Waals surface area contributed by atoms with E-state index in [1.807, 2.05) is 39.8 Å². The Labute approximate surface area is 132 Å². The molecule has 0 radical (unpaired) electrons. The summed E-state index contributed by atoms with van der Waals surface area (Å²) in [5.41, 5.74) is 1.83. The van der Waals surface area contributed by atoms with Gasteiger partial charge in [0.05, 0.1) is 11.7 Å². The fourth-order valence-electron chi connectivity index (χ4n) is 2.47. The van der Waals surface area contributed by atoms with Crippen molar-refractivity contribution >= 4 is 44.1 Å². The summed E-state index contributed by atoms with van der Waals surface area (Å²) in [6.45, 7) is 0. The maximum atomic E-state index is 11.9. The van der Waals surface area contributed by atoms with E-state index >= 15 is 0 Å². The molecule has 1 amide bonds. The van der Waals surface area contributed by atoms with Crippen molar-refractivity contribution in [3.63, 3.8) is 0 Å². The molecule has 1 aliphatic rings. The van der Waals surface area contributed by atoms with Gasteiger partial charge in [-0.15, -0.1) is 0 Å². The Morgan fingerprint density at radius 3 is 3.24 bits per heavy atom. The highest BCUT2D eigenvalue weighted by molar-refractivity contribution is 8.77. The summed E-state index contributed by atoms with van der Waals surface area (Å²) >= 11 is 0. The van der Waals surface area contributed by atoms with Crippen molar-refractivity contribution in [1.29, 1.82) is 0 Å². The third-order valence-electron chi connectivity index (χ3n) is 3.63. The van der Waals surface area contributed by atoms with Crippen LogP contribution in [0.3, 0.4) is 0 Å². The molecular formula is C15H19N3OS2. The van der Waals surface area contributed by atoms with Crippen LogP contribution in [0.2, 0.25) is 0 Å². The predicted octanol–water partition coefficient (Wildman–Crippen LogP) is 4.22. The van der Waals surface area contributed by atoms with Crippen LogP contribution >= 0.6 is 21.6 Å². The highest BCUT2D eigenvalue weighted by Gasteiger charge is 2.15. The first-order valence-electron chi connectivity index (χ1n) is 7.32. The van der Waals surface area contributed by atoms with Crippen molar-refractivity contribution in [2.45, 2.75) is 37.4 Å². The maximum absolute atomic E-state index is 11.9. The SMILES string of the molecule is O=C(CCCCC1CCSS1)Nc1ccc2[nH]ncc2c1. The third kappa shape index (κ3) is 4.17. The average Bonchev–Trinajstić information content (AvgIpc) is 3.14. The summed E-state index contributed by atoms with van der Waals surface area (Å²) < 4.78 is 0. The number of aromatic nitrogens is 2. The smallest absolute Gasteiger partial charge is 0.224 e. The van der Waals surface area contributed by atoms with Crippen LogP contribution in [0.5, 0.6) is 0 Å². The fourth-order valence-corrected chi connectivity index (χ4v) is 5.49. The van der Waals surface area contributed by atoms with Crippen LogP contribution in [0.4, 0.5) is 5.69 Å². The molecule has 0 saturated carbocycles. The number of rotatable bonds is 6. The average molecular weight is 321 g/mol. The molecule has 0 spiro atoms. The third-order valence-corrected chi connectivity index (χ3v) is 6.64. The largest absolute Gasteiger partial charge is 0.326 e. The number of hydrogen-bond donors (Lipinski definition) is 2. The maximum Gasteiger partial charge on any atom is 0.224 e. The Morgan fingerprint density at radius 1 is 1.43 bits per heavy atom. The van der Waals surface area contributed by atoms with Crippen LogP contribution in [0, 0.1) is 0 Å². The van der Waals surface area contributed by atoms with Crippen LogP contribution in [0.15, 0.2) is 24.4 Å². The molecule has 1 aromatic heterocycles. The van der Waals surface area contributed by atoms with Crippen LogP contribution in [-0.4, -0.2) is 27.1 Å². The van der Waals surface area contributed by atoms with E-state index in [1.165, 1.54) is 18.6 Å². The van der Waals surface area contributed by atoms with E-state index in [-0.39, 0.29) is 5.91 Å². The van der Waals surface area contributed by atoms with Crippen LogP contribution in [0.25, 0.3) is 10.9 Å². The van der Waals surface area contributed by atoms with Gasteiger partial charge in [-0.3, -0.25) is 9.89 Å². The van der Waals surface area contributed by atoms with E-state index < -0.39 is 0 Å². The minimum Gasteiger partial charge on any atom is -0.326 e. The van der Waals surface area contributed by atoms with Gasteiger partial charge in [-0.1, -0.05) is 28.0 Å². The zero-order chi connectivity index (χ0) is 14.5. The van der Waals surface area contributed by atoms with Gasteiger partial charge >= 0.3 is 0 Å². The second-order valence-electron chi connectivity index (χ2n) is 5.29. The van der Waals surface area contributed by atoms with Crippen molar-refractivity contribution in [3.05, 3.63) is 24.4 Å². The number of fused-ring (bicyclic) bond motifs is 1. The Morgan fingerprint density at radius 2 is 2.38 bits per heavy atom. The number of hydrogen-bond acceptors (Lipinski definition) is 4.